The second-order valence-corrected chi connectivity index (χ2v) is 3.63. The van der Waals surface area contributed by atoms with Crippen LogP contribution in [0.4, 0.5) is 0 Å². The lowest BCUT2D eigenvalue weighted by atomic mass is 9.92. The fourth-order valence-corrected chi connectivity index (χ4v) is 1.65. The van der Waals surface area contributed by atoms with E-state index in [0.717, 1.165) is 5.56 Å². The number of nitriles is 1. The van der Waals surface area contributed by atoms with Gasteiger partial charge in [0.05, 0.1) is 6.07 Å². The molecule has 1 atom stereocenters. The van der Waals surface area contributed by atoms with Crippen LogP contribution in [-0.2, 0) is 0 Å². The van der Waals surface area contributed by atoms with Gasteiger partial charge >= 0.3 is 0 Å². The van der Waals surface area contributed by atoms with Crippen LogP contribution in [0.25, 0.3) is 0 Å². The molecule has 0 aliphatic heterocycles. The molecule has 2 aromatic rings. The maximum absolute atomic E-state index is 12.1. The van der Waals surface area contributed by atoms with Crippen molar-refractivity contribution in [1.29, 1.82) is 5.26 Å². The van der Waals surface area contributed by atoms with Crippen LogP contribution in [0.15, 0.2) is 54.6 Å². The molecule has 1 unspecified atom stereocenters. The number of carbonyl (C=O) groups is 1. The van der Waals surface area contributed by atoms with Crippen LogP contribution in [0.3, 0.4) is 0 Å². The zero-order valence-corrected chi connectivity index (χ0v) is 9.13. The predicted octanol–water partition coefficient (Wildman–Crippen LogP) is 2.98. The summed E-state index contributed by atoms with van der Waals surface area (Å²) < 4.78 is 0. The average Bonchev–Trinajstić information content (AvgIpc) is 2.42. The van der Waals surface area contributed by atoms with Gasteiger partial charge in [0.15, 0.2) is 5.78 Å². The highest BCUT2D eigenvalue weighted by atomic mass is 16.1. The first-order valence-corrected chi connectivity index (χ1v) is 5.28. The van der Waals surface area contributed by atoms with Crippen molar-refractivity contribution >= 4 is 5.78 Å². The first-order valence-electron chi connectivity index (χ1n) is 5.28. The summed E-state index contributed by atoms with van der Waals surface area (Å²) in [6.07, 6.45) is 0. The van der Waals surface area contributed by atoms with Crippen molar-refractivity contribution in [3.63, 3.8) is 0 Å². The molecule has 0 amide bonds. The molecule has 17 heavy (non-hydrogen) atoms. The third-order valence-electron chi connectivity index (χ3n) is 2.53. The van der Waals surface area contributed by atoms with Crippen LogP contribution in [-0.4, -0.2) is 5.78 Å². The van der Waals surface area contributed by atoms with Gasteiger partial charge in [0.1, 0.15) is 5.92 Å². The Bertz CT molecular complexity index is 540. The van der Waals surface area contributed by atoms with Gasteiger partial charge in [-0.05, 0) is 11.6 Å². The van der Waals surface area contributed by atoms with E-state index in [-0.39, 0.29) is 5.78 Å². The van der Waals surface area contributed by atoms with Crippen LogP contribution >= 0.6 is 0 Å². The smallest absolute Gasteiger partial charge is 0.184 e. The van der Waals surface area contributed by atoms with E-state index in [1.54, 1.807) is 36.4 Å². The molecule has 0 spiro atoms. The van der Waals surface area contributed by atoms with Crippen molar-refractivity contribution in [3.8, 4) is 6.07 Å². The van der Waals surface area contributed by atoms with Crippen molar-refractivity contribution in [2.75, 3.05) is 0 Å². The number of Topliss-reactive ketones (excluding diaryl/α,β-unsaturated/α-hetero) is 1. The van der Waals surface area contributed by atoms with Gasteiger partial charge in [-0.1, -0.05) is 54.6 Å². The Morgan fingerprint density at radius 1 is 1.12 bits per heavy atom. The van der Waals surface area contributed by atoms with Crippen molar-refractivity contribution in [1.82, 2.24) is 0 Å². The second-order valence-electron chi connectivity index (χ2n) is 3.63. The van der Waals surface area contributed by atoms with E-state index >= 15 is 0 Å². The van der Waals surface area contributed by atoms with Gasteiger partial charge in [0, 0.05) is 5.56 Å². The Labute approximate surface area is 100 Å². The average molecular weight is 220 g/mol. The Hall–Kier alpha value is -2.40. The van der Waals surface area contributed by atoms with E-state index in [9.17, 15) is 4.79 Å². The van der Waals surface area contributed by atoms with E-state index < -0.39 is 5.92 Å². The molecule has 0 aliphatic rings. The molecule has 0 aliphatic carbocycles. The molecule has 2 nitrogen and oxygen atoms in total. The molecular formula is C15H10NO. The minimum absolute atomic E-state index is 0.173. The fraction of sp³-hybridized carbons (Fsp3) is 0.0667. The third kappa shape index (κ3) is 2.40. The van der Waals surface area contributed by atoms with Crippen molar-refractivity contribution < 1.29 is 4.79 Å². The molecule has 0 saturated heterocycles. The molecule has 0 fully saturated rings. The zero-order chi connectivity index (χ0) is 12.1. The number of rotatable bonds is 3. The van der Waals surface area contributed by atoms with Crippen LogP contribution in [0.2, 0.25) is 0 Å². The summed E-state index contributed by atoms with van der Waals surface area (Å²) in [5, 5.41) is 9.13. The lowest BCUT2D eigenvalue weighted by molar-refractivity contribution is 0.0979. The van der Waals surface area contributed by atoms with Gasteiger partial charge < -0.3 is 0 Å². The van der Waals surface area contributed by atoms with Gasteiger partial charge in [-0.2, -0.15) is 5.26 Å². The molecule has 0 aromatic heterocycles. The molecule has 81 valence electrons. The number of hydrogen-bond donors (Lipinski definition) is 0. The van der Waals surface area contributed by atoms with Crippen molar-refractivity contribution in [2.24, 2.45) is 0 Å². The van der Waals surface area contributed by atoms with Gasteiger partial charge in [-0.25, -0.2) is 0 Å². The van der Waals surface area contributed by atoms with E-state index in [4.69, 9.17) is 5.26 Å². The summed E-state index contributed by atoms with van der Waals surface area (Å²) in [6, 6.07) is 20.7. The minimum atomic E-state index is -0.737. The van der Waals surface area contributed by atoms with Crippen molar-refractivity contribution in [3.05, 3.63) is 71.8 Å². The largest absolute Gasteiger partial charge is 0.292 e. The monoisotopic (exact) mass is 220 g/mol. The molecular weight excluding hydrogens is 210 g/mol. The van der Waals surface area contributed by atoms with Crippen LogP contribution in [0.1, 0.15) is 21.8 Å². The first-order chi connectivity index (χ1) is 8.33. The maximum Gasteiger partial charge on any atom is 0.184 e. The van der Waals surface area contributed by atoms with Crippen LogP contribution < -0.4 is 0 Å². The number of hydrogen-bond acceptors (Lipinski definition) is 2. The predicted molar refractivity (Wildman–Crippen MR) is 64.4 cm³/mol. The summed E-state index contributed by atoms with van der Waals surface area (Å²) in [5.41, 5.74) is 1.27. The zero-order valence-electron chi connectivity index (χ0n) is 9.13. The summed E-state index contributed by atoms with van der Waals surface area (Å²) >= 11 is 0. The molecule has 2 aromatic carbocycles. The fourth-order valence-electron chi connectivity index (χ4n) is 1.65. The highest BCUT2D eigenvalue weighted by molar-refractivity contribution is 6.02. The number of carbonyl (C=O) groups excluding carboxylic acids is 1. The highest BCUT2D eigenvalue weighted by Gasteiger charge is 2.20. The standard InChI is InChI=1S/C15H10NO/c16-11-14(12-7-3-1-4-8-12)15(17)13-9-5-2-6-10-13/h1,3-10,14H. The molecule has 0 bridgehead atoms. The normalized spacial score (nSPS) is 11.5. The van der Waals surface area contributed by atoms with E-state index in [2.05, 4.69) is 12.1 Å². The van der Waals surface area contributed by atoms with Crippen LogP contribution in [0.5, 0.6) is 0 Å². The van der Waals surface area contributed by atoms with Crippen LogP contribution in [0, 0.1) is 17.4 Å². The Morgan fingerprint density at radius 2 is 1.76 bits per heavy atom. The molecule has 1 radical (unpaired) electrons. The van der Waals surface area contributed by atoms with Gasteiger partial charge in [0.2, 0.25) is 0 Å². The first kappa shape index (κ1) is 11.1. The summed E-state index contributed by atoms with van der Waals surface area (Å²) in [4.78, 5) is 12.1. The quantitative estimate of drug-likeness (QED) is 0.746. The van der Waals surface area contributed by atoms with E-state index in [1.807, 2.05) is 18.2 Å². The SMILES string of the molecule is N#CC(C(=O)c1cc[c]cc1)c1ccccc1. The Balaban J connectivity index is 2.33. The summed E-state index contributed by atoms with van der Waals surface area (Å²) in [6.45, 7) is 0. The molecule has 0 heterocycles. The number of benzene rings is 2. The van der Waals surface area contributed by atoms with Crippen molar-refractivity contribution in [2.45, 2.75) is 5.92 Å². The third-order valence-corrected chi connectivity index (χ3v) is 2.53. The Morgan fingerprint density at radius 3 is 2.35 bits per heavy atom. The summed E-state index contributed by atoms with van der Waals surface area (Å²) in [5.74, 6) is -0.911. The van der Waals surface area contributed by atoms with Gasteiger partial charge in [0.25, 0.3) is 0 Å². The maximum atomic E-state index is 12.1. The van der Waals surface area contributed by atoms with E-state index in [0.29, 0.717) is 5.56 Å². The molecule has 2 heteroatoms. The summed E-state index contributed by atoms with van der Waals surface area (Å²) in [7, 11) is 0. The molecule has 0 N–H and O–H groups in total. The Kier molecular flexibility index (Phi) is 3.32. The topological polar surface area (TPSA) is 40.9 Å². The van der Waals surface area contributed by atoms with Gasteiger partial charge in [-0.15, -0.1) is 0 Å². The van der Waals surface area contributed by atoms with Gasteiger partial charge in [-0.3, -0.25) is 4.79 Å². The molecule has 2 rings (SSSR count). The number of nitrogens with zero attached hydrogens (tertiary/aromatic N) is 1. The lowest BCUT2D eigenvalue weighted by Gasteiger charge is -2.07. The lowest BCUT2D eigenvalue weighted by Crippen LogP contribution is -2.10. The minimum Gasteiger partial charge on any atom is -0.292 e. The molecule has 0 saturated carbocycles. The highest BCUT2D eigenvalue weighted by Crippen LogP contribution is 2.19. The number of ketones is 1. The van der Waals surface area contributed by atoms with E-state index in [1.165, 1.54) is 0 Å². The second kappa shape index (κ2) is 5.09.